The summed E-state index contributed by atoms with van der Waals surface area (Å²) in [5.41, 5.74) is 1.83. The van der Waals surface area contributed by atoms with Gasteiger partial charge in [-0.05, 0) is 49.9 Å². The molecule has 6 nitrogen and oxygen atoms in total. The van der Waals surface area contributed by atoms with Crippen molar-refractivity contribution in [2.45, 2.75) is 32.6 Å². The highest BCUT2D eigenvalue weighted by Crippen LogP contribution is 2.21. The molecular weight excluding hydrogens is 314 g/mol. The number of nitrogens with zero attached hydrogens (tertiary/aromatic N) is 1. The van der Waals surface area contributed by atoms with Crippen LogP contribution in [-0.2, 0) is 14.8 Å². The van der Waals surface area contributed by atoms with Crippen molar-refractivity contribution in [2.75, 3.05) is 35.6 Å². The summed E-state index contributed by atoms with van der Waals surface area (Å²) in [6, 6.07) is 7.68. The van der Waals surface area contributed by atoms with Crippen LogP contribution in [0.3, 0.4) is 0 Å². The molecule has 0 saturated carbocycles. The van der Waals surface area contributed by atoms with Gasteiger partial charge in [0.1, 0.15) is 0 Å². The third-order valence-electron chi connectivity index (χ3n) is 3.80. The summed E-state index contributed by atoms with van der Waals surface area (Å²) in [6.07, 6.45) is 4.25. The number of anilines is 2. The van der Waals surface area contributed by atoms with Gasteiger partial charge in [-0.25, -0.2) is 13.1 Å². The molecule has 7 heteroatoms. The van der Waals surface area contributed by atoms with E-state index in [0.29, 0.717) is 12.1 Å². The number of nitrogens with one attached hydrogen (secondary N) is 2. The molecule has 1 aromatic carbocycles. The molecule has 0 aromatic heterocycles. The molecule has 0 unspecified atom stereocenters. The van der Waals surface area contributed by atoms with Crippen molar-refractivity contribution in [1.29, 1.82) is 0 Å². The van der Waals surface area contributed by atoms with Crippen molar-refractivity contribution in [3.63, 3.8) is 0 Å². The highest BCUT2D eigenvalue weighted by Gasteiger charge is 2.12. The van der Waals surface area contributed by atoms with Crippen molar-refractivity contribution in [3.05, 3.63) is 24.3 Å². The fraction of sp³-hybridized carbons (Fsp3) is 0.562. The van der Waals surface area contributed by atoms with Gasteiger partial charge in [0.25, 0.3) is 0 Å². The molecule has 2 rings (SSSR count). The second-order valence-electron chi connectivity index (χ2n) is 5.78. The Morgan fingerprint density at radius 3 is 2.39 bits per heavy atom. The molecule has 1 fully saturated rings. The lowest BCUT2D eigenvalue weighted by atomic mass is 10.1. The van der Waals surface area contributed by atoms with Gasteiger partial charge in [-0.2, -0.15) is 0 Å². The van der Waals surface area contributed by atoms with E-state index in [4.69, 9.17) is 0 Å². The summed E-state index contributed by atoms with van der Waals surface area (Å²) in [7, 11) is -3.36. The van der Waals surface area contributed by atoms with Gasteiger partial charge in [-0.15, -0.1) is 0 Å². The first-order valence-corrected chi connectivity index (χ1v) is 9.77. The Balaban J connectivity index is 1.84. The van der Waals surface area contributed by atoms with Gasteiger partial charge < -0.3 is 10.2 Å². The lowest BCUT2D eigenvalue weighted by Crippen LogP contribution is -2.34. The maximum absolute atomic E-state index is 11.8. The fourth-order valence-electron chi connectivity index (χ4n) is 2.63. The minimum absolute atomic E-state index is 0.0326. The normalized spacial score (nSPS) is 15.4. The maximum atomic E-state index is 11.8. The fourth-order valence-corrected chi connectivity index (χ4v) is 3.66. The summed E-state index contributed by atoms with van der Waals surface area (Å²) in [4.78, 5) is 14.1. The highest BCUT2D eigenvalue weighted by molar-refractivity contribution is 7.89. The zero-order valence-corrected chi connectivity index (χ0v) is 14.4. The predicted octanol–water partition coefficient (Wildman–Crippen LogP) is 1.94. The quantitative estimate of drug-likeness (QED) is 0.796. The average molecular weight is 339 g/mol. The summed E-state index contributed by atoms with van der Waals surface area (Å²) in [5.74, 6) is -0.333. The second kappa shape index (κ2) is 8.31. The smallest absolute Gasteiger partial charge is 0.239 e. The number of sulfonamides is 1. The van der Waals surface area contributed by atoms with Crippen LogP contribution in [0.5, 0.6) is 0 Å². The Morgan fingerprint density at radius 1 is 1.13 bits per heavy atom. The largest absolute Gasteiger partial charge is 0.372 e. The Hall–Kier alpha value is -1.60. The average Bonchev–Trinajstić information content (AvgIpc) is 2.55. The van der Waals surface area contributed by atoms with E-state index >= 15 is 0 Å². The van der Waals surface area contributed by atoms with Gasteiger partial charge >= 0.3 is 0 Å². The first-order chi connectivity index (χ1) is 11.0. The standard InChI is InChI=1S/C16H25N3O3S/c1-2-12-23(21,22)17-13-16(20)18-14-6-8-15(9-7-14)19-10-4-3-5-11-19/h6-9,17H,2-5,10-13H2,1H3,(H,18,20). The van der Waals surface area contributed by atoms with Crippen LogP contribution in [0.1, 0.15) is 32.6 Å². The SMILES string of the molecule is CCCS(=O)(=O)NCC(=O)Nc1ccc(N2CCCCC2)cc1. The topological polar surface area (TPSA) is 78.5 Å². The molecule has 0 aliphatic carbocycles. The lowest BCUT2D eigenvalue weighted by Gasteiger charge is -2.28. The van der Waals surface area contributed by atoms with Crippen molar-refractivity contribution in [2.24, 2.45) is 0 Å². The molecule has 23 heavy (non-hydrogen) atoms. The Bertz CT molecular complexity index is 608. The van der Waals surface area contributed by atoms with E-state index in [1.54, 1.807) is 6.92 Å². The zero-order valence-electron chi connectivity index (χ0n) is 13.5. The van der Waals surface area contributed by atoms with E-state index < -0.39 is 10.0 Å². The molecule has 2 N–H and O–H groups in total. The van der Waals surface area contributed by atoms with Crippen molar-refractivity contribution in [1.82, 2.24) is 4.72 Å². The van der Waals surface area contributed by atoms with Crippen LogP contribution in [0.25, 0.3) is 0 Å². The minimum atomic E-state index is -3.36. The summed E-state index contributed by atoms with van der Waals surface area (Å²) in [6.45, 7) is 3.69. The number of carbonyl (C=O) groups excluding carboxylic acids is 1. The molecule has 0 bridgehead atoms. The Labute approximate surface area is 138 Å². The van der Waals surface area contributed by atoms with E-state index in [1.807, 2.05) is 24.3 Å². The van der Waals surface area contributed by atoms with Crippen LogP contribution in [0.2, 0.25) is 0 Å². The number of hydrogen-bond donors (Lipinski definition) is 2. The van der Waals surface area contributed by atoms with Crippen LogP contribution < -0.4 is 14.9 Å². The van der Waals surface area contributed by atoms with E-state index in [2.05, 4.69) is 14.9 Å². The third-order valence-corrected chi connectivity index (χ3v) is 5.33. The van der Waals surface area contributed by atoms with E-state index in [0.717, 1.165) is 18.8 Å². The number of piperidine rings is 1. The molecule has 128 valence electrons. The van der Waals surface area contributed by atoms with Crippen LogP contribution in [0, 0.1) is 0 Å². The first-order valence-electron chi connectivity index (χ1n) is 8.12. The van der Waals surface area contributed by atoms with Gasteiger partial charge in [0.2, 0.25) is 15.9 Å². The predicted molar refractivity (Wildman–Crippen MR) is 93.2 cm³/mol. The molecule has 0 radical (unpaired) electrons. The molecule has 1 aliphatic rings. The molecule has 0 atom stereocenters. The van der Waals surface area contributed by atoms with Crippen molar-refractivity contribution >= 4 is 27.3 Å². The number of benzene rings is 1. The van der Waals surface area contributed by atoms with Crippen LogP contribution in [-0.4, -0.2) is 39.7 Å². The molecular formula is C16H25N3O3S. The number of rotatable bonds is 7. The van der Waals surface area contributed by atoms with E-state index in [1.165, 1.54) is 19.3 Å². The van der Waals surface area contributed by atoms with Gasteiger partial charge in [-0.1, -0.05) is 6.92 Å². The summed E-state index contributed by atoms with van der Waals surface area (Å²) >= 11 is 0. The van der Waals surface area contributed by atoms with Crippen molar-refractivity contribution < 1.29 is 13.2 Å². The van der Waals surface area contributed by atoms with Crippen LogP contribution in [0.4, 0.5) is 11.4 Å². The minimum Gasteiger partial charge on any atom is -0.372 e. The summed E-state index contributed by atoms with van der Waals surface area (Å²) in [5, 5.41) is 2.70. The zero-order chi connectivity index (χ0) is 16.7. The number of hydrogen-bond acceptors (Lipinski definition) is 4. The Kier molecular flexibility index (Phi) is 6.41. The highest BCUT2D eigenvalue weighted by atomic mass is 32.2. The lowest BCUT2D eigenvalue weighted by molar-refractivity contribution is -0.115. The monoisotopic (exact) mass is 339 g/mol. The molecule has 1 aromatic rings. The maximum Gasteiger partial charge on any atom is 0.239 e. The number of amides is 1. The Morgan fingerprint density at radius 2 is 1.78 bits per heavy atom. The van der Waals surface area contributed by atoms with Gasteiger partial charge in [-0.3, -0.25) is 4.79 Å². The number of carbonyl (C=O) groups is 1. The van der Waals surface area contributed by atoms with E-state index in [-0.39, 0.29) is 18.2 Å². The first kappa shape index (κ1) is 17.7. The van der Waals surface area contributed by atoms with E-state index in [9.17, 15) is 13.2 Å². The molecule has 1 amide bonds. The van der Waals surface area contributed by atoms with Gasteiger partial charge in [0.15, 0.2) is 0 Å². The molecule has 0 spiro atoms. The van der Waals surface area contributed by atoms with Crippen LogP contribution in [0.15, 0.2) is 24.3 Å². The molecule has 1 heterocycles. The van der Waals surface area contributed by atoms with Gasteiger partial charge in [0, 0.05) is 24.5 Å². The third kappa shape index (κ3) is 5.84. The van der Waals surface area contributed by atoms with Gasteiger partial charge in [0.05, 0.1) is 12.3 Å². The second-order valence-corrected chi connectivity index (χ2v) is 7.71. The molecule has 1 aliphatic heterocycles. The van der Waals surface area contributed by atoms with Crippen LogP contribution >= 0.6 is 0 Å². The summed E-state index contributed by atoms with van der Waals surface area (Å²) < 4.78 is 25.3. The van der Waals surface area contributed by atoms with Crippen molar-refractivity contribution in [3.8, 4) is 0 Å². The molecule has 1 saturated heterocycles.